The van der Waals surface area contributed by atoms with Gasteiger partial charge in [-0.25, -0.2) is 9.59 Å². The standard InChI is InChI=1S/C64H108O32/c1-64(50-71,51-72)63(75)96-58(46-94-61(73)52-38-54(42-88-32-26-82-20-14-76-8-2-65)59(48-92-36-30-86-24-18-80-12-6-69)55(39-52)43-89-33-27-83-21-15-77-9-3-66)47-95-62(74)53-40-56(44-90-34-28-84-22-16-78-10-4-67)60(49-93-37-31-87-25-19-81-13-7-70)57(41-53)45-91-35-29-85-23-17-79-11-5-68/h38-41,58,65-72H,2-37,42-51H2,1H3. The monoisotopic (exact) mass is 1390 g/mol. The van der Waals surface area contributed by atoms with Crippen molar-refractivity contribution in [3.05, 3.63) is 68.8 Å². The molecule has 32 nitrogen and oxygen atoms in total. The zero-order chi connectivity index (χ0) is 69.6. The van der Waals surface area contributed by atoms with Gasteiger partial charge in [0.15, 0.2) is 6.10 Å². The van der Waals surface area contributed by atoms with Crippen molar-refractivity contribution >= 4 is 17.9 Å². The molecule has 556 valence electrons. The minimum atomic E-state index is -1.83. The Labute approximate surface area is 562 Å². The number of esters is 3. The molecule has 0 aromatic heterocycles. The normalized spacial score (nSPS) is 11.8. The number of hydrogen-bond donors (Lipinski definition) is 8. The molecular weight excluding hydrogens is 1280 g/mol. The van der Waals surface area contributed by atoms with Gasteiger partial charge >= 0.3 is 17.9 Å². The topological polar surface area (TPSA) is 407 Å². The van der Waals surface area contributed by atoms with Crippen molar-refractivity contribution in [2.75, 3.05) is 264 Å². The molecule has 0 atom stereocenters. The summed E-state index contributed by atoms with van der Waals surface area (Å²) < 4.78 is 119. The van der Waals surface area contributed by atoms with E-state index in [2.05, 4.69) is 0 Å². The molecule has 8 N–H and O–H groups in total. The summed E-state index contributed by atoms with van der Waals surface area (Å²) in [6, 6.07) is 6.18. The van der Waals surface area contributed by atoms with Crippen LogP contribution < -0.4 is 0 Å². The molecule has 0 fully saturated rings. The van der Waals surface area contributed by atoms with E-state index < -0.39 is 55.9 Å². The molecule has 2 rings (SSSR count). The van der Waals surface area contributed by atoms with Crippen molar-refractivity contribution in [2.24, 2.45) is 5.41 Å². The first-order valence-corrected chi connectivity index (χ1v) is 32.2. The number of rotatable bonds is 70. The lowest BCUT2D eigenvalue weighted by atomic mass is 9.93. The smallest absolute Gasteiger partial charge is 0.338 e. The molecule has 0 saturated heterocycles. The summed E-state index contributed by atoms with van der Waals surface area (Å²) in [5.41, 5.74) is 1.44. The van der Waals surface area contributed by atoms with E-state index in [1.54, 1.807) is 24.3 Å². The third-order valence-corrected chi connectivity index (χ3v) is 13.0. The molecule has 2 aromatic carbocycles. The molecule has 0 radical (unpaired) electrons. The maximum absolute atomic E-state index is 14.4. The second kappa shape index (κ2) is 61.9. The van der Waals surface area contributed by atoms with Crippen LogP contribution in [0.2, 0.25) is 0 Å². The maximum Gasteiger partial charge on any atom is 0.338 e. The van der Waals surface area contributed by atoms with Crippen LogP contribution >= 0.6 is 0 Å². The molecule has 0 unspecified atom stereocenters. The zero-order valence-electron chi connectivity index (χ0n) is 55.8. The number of carbonyl (C=O) groups excluding carboxylic acids is 3. The summed E-state index contributed by atoms with van der Waals surface area (Å²) in [5, 5.41) is 74.4. The maximum atomic E-state index is 14.4. The third kappa shape index (κ3) is 43.4. The van der Waals surface area contributed by atoms with Crippen LogP contribution in [0.5, 0.6) is 0 Å². The van der Waals surface area contributed by atoms with Crippen LogP contribution in [-0.4, -0.2) is 329 Å². The highest BCUT2D eigenvalue weighted by atomic mass is 16.6. The SMILES string of the molecule is CC(CO)(CO)C(=O)OC(COC(=O)c1cc(COCCOCCOCCO)c(COCCOCCOCCO)c(COCCOCCOCCO)c1)COC(=O)c1cc(COCCOCCOCCO)c(COCCOCCOCCO)c(COCCOCCOCCO)c1. The summed E-state index contributed by atoms with van der Waals surface area (Å²) in [4.78, 5) is 42.4. The first-order chi connectivity index (χ1) is 47.0. The minimum Gasteiger partial charge on any atom is -0.458 e. The summed E-state index contributed by atoms with van der Waals surface area (Å²) in [7, 11) is 0. The Balaban J connectivity index is 2.58. The number of hydrogen-bond acceptors (Lipinski definition) is 32. The lowest BCUT2D eigenvalue weighted by Gasteiger charge is -2.26. The fourth-order valence-corrected chi connectivity index (χ4v) is 7.91. The van der Waals surface area contributed by atoms with Gasteiger partial charge in [-0.3, -0.25) is 4.79 Å². The van der Waals surface area contributed by atoms with Gasteiger partial charge in [0.05, 0.1) is 302 Å². The predicted octanol–water partition coefficient (Wildman–Crippen LogP) is -1.14. The van der Waals surface area contributed by atoms with E-state index in [9.17, 15) is 24.6 Å². The molecule has 0 aliphatic rings. The lowest BCUT2D eigenvalue weighted by molar-refractivity contribution is -0.170. The molecule has 0 aliphatic carbocycles. The number of aliphatic hydroxyl groups excluding tert-OH is 8. The average Bonchev–Trinajstić information content (AvgIpc) is 0.865. The van der Waals surface area contributed by atoms with E-state index in [4.69, 9.17) is 130 Å². The Kier molecular flexibility index (Phi) is 56.6. The van der Waals surface area contributed by atoms with E-state index in [0.29, 0.717) is 33.4 Å². The highest BCUT2D eigenvalue weighted by Gasteiger charge is 2.36. The van der Waals surface area contributed by atoms with E-state index in [-0.39, 0.29) is 289 Å². The predicted molar refractivity (Wildman–Crippen MR) is 336 cm³/mol. The Morgan fingerprint density at radius 2 is 0.500 bits per heavy atom. The highest BCUT2D eigenvalue weighted by molar-refractivity contribution is 5.91. The van der Waals surface area contributed by atoms with E-state index in [0.717, 1.165) is 0 Å². The van der Waals surface area contributed by atoms with E-state index in [1.807, 2.05) is 0 Å². The first kappa shape index (κ1) is 87.9. The second-order valence-corrected chi connectivity index (χ2v) is 20.7. The molecule has 0 saturated carbocycles. The molecule has 0 spiro atoms. The van der Waals surface area contributed by atoms with Crippen molar-refractivity contribution in [2.45, 2.75) is 52.7 Å². The van der Waals surface area contributed by atoms with Gasteiger partial charge in [0.1, 0.15) is 18.6 Å². The Hall–Kier alpha value is -4.19. The molecule has 0 heterocycles. The quantitative estimate of drug-likeness (QED) is 0.0220. The first-order valence-electron chi connectivity index (χ1n) is 32.2. The number of ether oxygens (including phenoxy) is 21. The van der Waals surface area contributed by atoms with Crippen molar-refractivity contribution in [1.82, 2.24) is 0 Å². The molecule has 2 aromatic rings. The average molecular weight is 1390 g/mol. The summed E-state index contributed by atoms with van der Waals surface area (Å²) in [6.07, 6.45) is -1.52. The van der Waals surface area contributed by atoms with Crippen LogP contribution in [0.3, 0.4) is 0 Å². The summed E-state index contributed by atoms with van der Waals surface area (Å²) in [6.45, 7) is 3.42. The molecule has 96 heavy (non-hydrogen) atoms. The van der Waals surface area contributed by atoms with Gasteiger partial charge in [0.2, 0.25) is 0 Å². The van der Waals surface area contributed by atoms with Crippen LogP contribution in [0.4, 0.5) is 0 Å². The van der Waals surface area contributed by atoms with Crippen molar-refractivity contribution in [3.63, 3.8) is 0 Å². The van der Waals surface area contributed by atoms with Crippen molar-refractivity contribution in [1.29, 1.82) is 0 Å². The fraction of sp³-hybridized carbons (Fsp3) is 0.766. The van der Waals surface area contributed by atoms with Gasteiger partial charge in [0.25, 0.3) is 0 Å². The van der Waals surface area contributed by atoms with Crippen molar-refractivity contribution < 1.29 is 155 Å². The van der Waals surface area contributed by atoms with Crippen LogP contribution in [0.25, 0.3) is 0 Å². The molecule has 0 bridgehead atoms. The van der Waals surface area contributed by atoms with Gasteiger partial charge in [-0.1, -0.05) is 0 Å². The molecular formula is C64H108O32. The van der Waals surface area contributed by atoms with Gasteiger partial charge in [-0.2, -0.15) is 0 Å². The summed E-state index contributed by atoms with van der Waals surface area (Å²) >= 11 is 0. The Morgan fingerprint density at radius 1 is 0.302 bits per heavy atom. The zero-order valence-corrected chi connectivity index (χ0v) is 55.8. The number of benzene rings is 2. The van der Waals surface area contributed by atoms with Gasteiger partial charge in [0, 0.05) is 0 Å². The molecule has 0 amide bonds. The van der Waals surface area contributed by atoms with Gasteiger partial charge < -0.3 is 140 Å². The van der Waals surface area contributed by atoms with Crippen LogP contribution in [-0.2, 0) is 144 Å². The Bertz CT molecular complexity index is 1970. The largest absolute Gasteiger partial charge is 0.458 e. The van der Waals surface area contributed by atoms with E-state index >= 15 is 0 Å². The van der Waals surface area contributed by atoms with Crippen LogP contribution in [0.15, 0.2) is 24.3 Å². The molecule has 32 heteroatoms. The number of aliphatic hydroxyl groups is 8. The Morgan fingerprint density at radius 3 is 0.708 bits per heavy atom. The van der Waals surface area contributed by atoms with Gasteiger partial charge in [-0.05, 0) is 64.6 Å². The number of carbonyl (C=O) groups is 3. The van der Waals surface area contributed by atoms with Crippen molar-refractivity contribution in [3.8, 4) is 0 Å². The highest BCUT2D eigenvalue weighted by Crippen LogP contribution is 2.26. The fourth-order valence-electron chi connectivity index (χ4n) is 7.91. The van der Waals surface area contributed by atoms with E-state index in [1.165, 1.54) is 6.92 Å². The third-order valence-electron chi connectivity index (χ3n) is 13.0. The summed E-state index contributed by atoms with van der Waals surface area (Å²) in [5.74, 6) is -2.92. The van der Waals surface area contributed by atoms with Crippen LogP contribution in [0, 0.1) is 5.41 Å². The second-order valence-electron chi connectivity index (χ2n) is 20.7. The molecule has 0 aliphatic heterocycles. The van der Waals surface area contributed by atoms with Gasteiger partial charge in [-0.15, -0.1) is 0 Å². The van der Waals surface area contributed by atoms with Crippen LogP contribution in [0.1, 0.15) is 61.0 Å². The minimum absolute atomic E-state index is 0.0107. The lowest BCUT2D eigenvalue weighted by Crippen LogP contribution is -2.41.